The molecule has 0 saturated carbocycles. The lowest BCUT2D eigenvalue weighted by Crippen LogP contribution is -2.30. The normalized spacial score (nSPS) is 14.7. The minimum Gasteiger partial charge on any atom is -0.462 e. The highest BCUT2D eigenvalue weighted by Crippen LogP contribution is 2.45. The van der Waals surface area contributed by atoms with E-state index in [1.54, 1.807) is 0 Å². The minimum absolute atomic E-state index is 0.102. The molecule has 0 aromatic rings. The maximum absolute atomic E-state index is 13.0. The lowest BCUT2D eigenvalue weighted by molar-refractivity contribution is -0.161. The third-order valence-corrected chi connectivity index (χ3v) is 16.7. The number of phosphoric ester groups is 2. The van der Waals surface area contributed by atoms with Crippen molar-refractivity contribution in [2.24, 2.45) is 11.8 Å². The van der Waals surface area contributed by atoms with Crippen molar-refractivity contribution in [3.05, 3.63) is 0 Å². The Morgan fingerprint density at radius 2 is 0.622 bits per heavy atom. The average molecular weight is 1210 g/mol. The van der Waals surface area contributed by atoms with Crippen LogP contribution in [0.4, 0.5) is 0 Å². The first-order valence-corrected chi connectivity index (χ1v) is 36.0. The van der Waals surface area contributed by atoms with Gasteiger partial charge in [0, 0.05) is 25.7 Å². The number of phosphoric acid groups is 2. The molecule has 0 spiro atoms. The second-order valence-electron chi connectivity index (χ2n) is 23.5. The van der Waals surface area contributed by atoms with Crippen LogP contribution in [0.25, 0.3) is 0 Å². The van der Waals surface area contributed by atoms with Gasteiger partial charge < -0.3 is 33.8 Å². The molecule has 0 rings (SSSR count). The average Bonchev–Trinajstić information content (AvgIpc) is 3.46. The number of ether oxygens (including phenoxy) is 4. The summed E-state index contributed by atoms with van der Waals surface area (Å²) in [5.74, 6) is -0.668. The third-order valence-electron chi connectivity index (χ3n) is 14.8. The standard InChI is InChI=1S/C63H122O17P2/c1-7-10-12-14-15-16-17-18-19-20-25-28-35-41-47-62(67)79-59(52-74-61(66)46-40-34-27-24-22-21-23-26-32-37-43-55(4)5)54-78-82(71,72)76-50-57(64)49-75-81(69,70)77-53-58(51-73-60(65)45-39-31-13-11-8-2)80-63(68)48-42-36-30-29-33-38-44-56(6)9-3/h55-59,64H,7-54H2,1-6H3,(H,69,70)(H,71,72)/t56?,57-,58+,59+/m0/s1. The molecule has 0 heterocycles. The van der Waals surface area contributed by atoms with Gasteiger partial charge in [-0.3, -0.25) is 37.3 Å². The number of carbonyl (C=O) groups excluding carboxylic acids is 4. The second kappa shape index (κ2) is 55.6. The molecule has 0 aliphatic heterocycles. The maximum Gasteiger partial charge on any atom is 0.472 e. The number of aliphatic hydroxyl groups is 1. The topological polar surface area (TPSA) is 237 Å². The maximum atomic E-state index is 13.0. The molecule has 0 saturated heterocycles. The molecule has 486 valence electrons. The van der Waals surface area contributed by atoms with Crippen LogP contribution in [0.15, 0.2) is 0 Å². The van der Waals surface area contributed by atoms with Gasteiger partial charge in [0.25, 0.3) is 0 Å². The van der Waals surface area contributed by atoms with Crippen LogP contribution in [0.5, 0.6) is 0 Å². The Bertz CT molecular complexity index is 1620. The molecule has 19 heteroatoms. The number of unbranched alkanes of at least 4 members (excludes halogenated alkanes) is 31. The summed E-state index contributed by atoms with van der Waals surface area (Å²) in [7, 11) is -9.88. The highest BCUT2D eigenvalue weighted by atomic mass is 31.2. The van der Waals surface area contributed by atoms with Gasteiger partial charge in [-0.25, -0.2) is 9.13 Å². The predicted molar refractivity (Wildman–Crippen MR) is 326 cm³/mol. The van der Waals surface area contributed by atoms with Gasteiger partial charge in [-0.05, 0) is 37.5 Å². The Labute approximate surface area is 498 Å². The zero-order chi connectivity index (χ0) is 60.8. The van der Waals surface area contributed by atoms with E-state index in [4.69, 9.17) is 37.0 Å². The smallest absolute Gasteiger partial charge is 0.462 e. The molecule has 0 aromatic carbocycles. The predicted octanol–water partition coefficient (Wildman–Crippen LogP) is 17.3. The number of hydrogen-bond acceptors (Lipinski definition) is 15. The zero-order valence-corrected chi connectivity index (χ0v) is 54.6. The number of hydrogen-bond donors (Lipinski definition) is 3. The van der Waals surface area contributed by atoms with Gasteiger partial charge in [0.2, 0.25) is 0 Å². The molecular formula is C63H122O17P2. The van der Waals surface area contributed by atoms with Gasteiger partial charge in [-0.15, -0.1) is 0 Å². The molecule has 0 aromatic heterocycles. The second-order valence-corrected chi connectivity index (χ2v) is 26.4. The van der Waals surface area contributed by atoms with Crippen molar-refractivity contribution in [1.82, 2.24) is 0 Å². The van der Waals surface area contributed by atoms with Crippen molar-refractivity contribution in [3.63, 3.8) is 0 Å². The van der Waals surface area contributed by atoms with Gasteiger partial charge in [-0.1, -0.05) is 260 Å². The molecule has 0 aliphatic rings. The quantitative estimate of drug-likeness (QED) is 0.0222. The van der Waals surface area contributed by atoms with Crippen LogP contribution in [0, 0.1) is 11.8 Å². The summed E-state index contributed by atoms with van der Waals surface area (Å²) in [5.41, 5.74) is 0. The SMILES string of the molecule is CCCCCCCCCCCCCCCCC(=O)O[C@H](COC(=O)CCCCCCCCCCCCC(C)C)COP(=O)(O)OC[C@@H](O)COP(=O)(O)OC[C@@H](COC(=O)CCCCCCC)OC(=O)CCCCCCCCC(C)CC. The van der Waals surface area contributed by atoms with Gasteiger partial charge in [0.1, 0.15) is 19.3 Å². The highest BCUT2D eigenvalue weighted by Gasteiger charge is 2.30. The minimum atomic E-state index is -4.94. The fraction of sp³-hybridized carbons (Fsp3) is 0.937. The van der Waals surface area contributed by atoms with Crippen molar-refractivity contribution in [1.29, 1.82) is 0 Å². The largest absolute Gasteiger partial charge is 0.472 e. The monoisotopic (exact) mass is 1210 g/mol. The summed E-state index contributed by atoms with van der Waals surface area (Å²) in [6.07, 6.45) is 37.9. The molecule has 3 unspecified atom stereocenters. The fourth-order valence-corrected chi connectivity index (χ4v) is 10.9. The number of carbonyl (C=O) groups is 4. The van der Waals surface area contributed by atoms with Crippen LogP contribution in [0.1, 0.15) is 311 Å². The number of rotatable bonds is 62. The summed E-state index contributed by atoms with van der Waals surface area (Å²) in [6.45, 7) is 9.35. The Kier molecular flexibility index (Phi) is 54.3. The molecule has 0 radical (unpaired) electrons. The first-order chi connectivity index (χ1) is 39.4. The summed E-state index contributed by atoms with van der Waals surface area (Å²) in [5, 5.41) is 10.5. The Morgan fingerprint density at radius 1 is 0.354 bits per heavy atom. The van der Waals surface area contributed by atoms with E-state index in [1.807, 2.05) is 0 Å². The highest BCUT2D eigenvalue weighted by molar-refractivity contribution is 7.47. The zero-order valence-electron chi connectivity index (χ0n) is 52.8. The Morgan fingerprint density at radius 3 is 0.927 bits per heavy atom. The van der Waals surface area contributed by atoms with Crippen LogP contribution in [-0.2, 0) is 65.4 Å². The third kappa shape index (κ3) is 55.9. The molecule has 0 fully saturated rings. The number of esters is 4. The van der Waals surface area contributed by atoms with Crippen molar-refractivity contribution in [2.45, 2.75) is 330 Å². The van der Waals surface area contributed by atoms with Crippen molar-refractivity contribution in [2.75, 3.05) is 39.6 Å². The van der Waals surface area contributed by atoms with E-state index in [0.29, 0.717) is 25.7 Å². The van der Waals surface area contributed by atoms with Crippen LogP contribution in [0.2, 0.25) is 0 Å². The molecule has 6 atom stereocenters. The first kappa shape index (κ1) is 80.1. The van der Waals surface area contributed by atoms with Crippen LogP contribution >= 0.6 is 15.6 Å². The van der Waals surface area contributed by atoms with Crippen molar-refractivity contribution in [3.8, 4) is 0 Å². The first-order valence-electron chi connectivity index (χ1n) is 33.0. The molecule has 82 heavy (non-hydrogen) atoms. The molecular weight excluding hydrogens is 1090 g/mol. The molecule has 0 amide bonds. The summed E-state index contributed by atoms with van der Waals surface area (Å²) in [6, 6.07) is 0. The molecule has 0 aliphatic carbocycles. The van der Waals surface area contributed by atoms with E-state index in [1.165, 1.54) is 122 Å². The van der Waals surface area contributed by atoms with Gasteiger partial charge in [-0.2, -0.15) is 0 Å². The molecule has 0 bridgehead atoms. The summed E-state index contributed by atoms with van der Waals surface area (Å²) >= 11 is 0. The summed E-state index contributed by atoms with van der Waals surface area (Å²) in [4.78, 5) is 71.9. The van der Waals surface area contributed by atoms with Crippen molar-refractivity contribution >= 4 is 39.5 Å². The fourth-order valence-electron chi connectivity index (χ4n) is 9.32. The van der Waals surface area contributed by atoms with E-state index in [-0.39, 0.29) is 25.7 Å². The van der Waals surface area contributed by atoms with Crippen molar-refractivity contribution < 1.29 is 80.2 Å². The van der Waals surface area contributed by atoms with E-state index in [2.05, 4.69) is 41.5 Å². The van der Waals surface area contributed by atoms with E-state index in [9.17, 15) is 43.2 Å². The van der Waals surface area contributed by atoms with Crippen LogP contribution in [-0.4, -0.2) is 96.7 Å². The lowest BCUT2D eigenvalue weighted by Gasteiger charge is -2.21. The van der Waals surface area contributed by atoms with E-state index >= 15 is 0 Å². The van der Waals surface area contributed by atoms with Crippen LogP contribution < -0.4 is 0 Å². The van der Waals surface area contributed by atoms with E-state index in [0.717, 1.165) is 108 Å². The van der Waals surface area contributed by atoms with Gasteiger partial charge in [0.15, 0.2) is 12.2 Å². The molecule has 3 N–H and O–H groups in total. The lowest BCUT2D eigenvalue weighted by atomic mass is 10.00. The number of aliphatic hydroxyl groups excluding tert-OH is 1. The van der Waals surface area contributed by atoms with Gasteiger partial charge in [0.05, 0.1) is 26.4 Å². The summed E-state index contributed by atoms with van der Waals surface area (Å²) < 4.78 is 67.8. The van der Waals surface area contributed by atoms with Gasteiger partial charge >= 0.3 is 39.5 Å². The van der Waals surface area contributed by atoms with E-state index < -0.39 is 97.5 Å². The Hall–Kier alpha value is -1.94. The molecule has 17 nitrogen and oxygen atoms in total. The van der Waals surface area contributed by atoms with Crippen LogP contribution in [0.3, 0.4) is 0 Å². The Balaban J connectivity index is 5.19.